The number of hydrogen-bond acceptors (Lipinski definition) is 7. The minimum atomic E-state index is -0.740. The van der Waals surface area contributed by atoms with Gasteiger partial charge in [-0.15, -0.1) is 11.3 Å². The number of nitrogens with zero attached hydrogens (tertiary/aromatic N) is 2. The molecule has 0 saturated heterocycles. The minimum absolute atomic E-state index is 0.329. The van der Waals surface area contributed by atoms with Crippen LogP contribution in [-0.4, -0.2) is 35.7 Å². The van der Waals surface area contributed by atoms with Gasteiger partial charge in [0.05, 0.1) is 25.9 Å². The Kier molecular flexibility index (Phi) is 4.60. The molecule has 2 aromatic heterocycles. The molecule has 0 aliphatic rings. The largest absolute Gasteiger partial charge is 0.467 e. The van der Waals surface area contributed by atoms with Crippen LogP contribution in [-0.2, 0) is 14.3 Å². The monoisotopic (exact) mass is 324 g/mol. The van der Waals surface area contributed by atoms with Crippen molar-refractivity contribution < 1.29 is 19.1 Å². The Balaban J connectivity index is 2.69. The van der Waals surface area contributed by atoms with Crippen LogP contribution in [0.25, 0.3) is 10.2 Å². The van der Waals surface area contributed by atoms with Crippen molar-refractivity contribution in [2.24, 2.45) is 0 Å². The summed E-state index contributed by atoms with van der Waals surface area (Å²) in [5.41, 5.74) is 0.143. The van der Waals surface area contributed by atoms with E-state index in [1.54, 1.807) is 13.8 Å². The molecule has 0 radical (unpaired) electrons. The van der Waals surface area contributed by atoms with Crippen LogP contribution in [0.2, 0.25) is 0 Å². The summed E-state index contributed by atoms with van der Waals surface area (Å²) in [5.74, 6) is -1.02. The van der Waals surface area contributed by atoms with Gasteiger partial charge in [0.15, 0.2) is 0 Å². The van der Waals surface area contributed by atoms with Crippen molar-refractivity contribution in [1.82, 2.24) is 9.55 Å². The summed E-state index contributed by atoms with van der Waals surface area (Å²) in [7, 11) is 2.55. The van der Waals surface area contributed by atoms with Gasteiger partial charge < -0.3 is 9.47 Å². The highest BCUT2D eigenvalue weighted by Gasteiger charge is 2.24. The topological polar surface area (TPSA) is 87.5 Å². The van der Waals surface area contributed by atoms with Gasteiger partial charge in [-0.25, -0.2) is 14.6 Å². The van der Waals surface area contributed by atoms with Gasteiger partial charge in [0, 0.05) is 0 Å². The number of esters is 2. The number of carbonyl (C=O) groups is 2. The molecule has 0 bridgehead atoms. The lowest BCUT2D eigenvalue weighted by Crippen LogP contribution is -2.30. The molecule has 2 aromatic rings. The molecular weight excluding hydrogens is 308 g/mol. The Morgan fingerprint density at radius 3 is 2.59 bits per heavy atom. The number of fused-ring (bicyclic) bond motifs is 1. The van der Waals surface area contributed by atoms with E-state index in [1.165, 1.54) is 25.1 Å². The molecule has 118 valence electrons. The van der Waals surface area contributed by atoms with Gasteiger partial charge in [0.25, 0.3) is 5.56 Å². The molecule has 0 aliphatic heterocycles. The third-order valence-corrected chi connectivity index (χ3v) is 4.62. The summed E-state index contributed by atoms with van der Waals surface area (Å²) in [6.45, 7) is 3.44. The molecule has 2 rings (SSSR count). The van der Waals surface area contributed by atoms with Gasteiger partial charge in [-0.2, -0.15) is 0 Å². The molecule has 8 heteroatoms. The van der Waals surface area contributed by atoms with E-state index in [9.17, 15) is 14.4 Å². The second-order valence-corrected chi connectivity index (χ2v) is 5.63. The molecule has 1 atom stereocenters. The molecule has 0 aliphatic carbocycles. The zero-order chi connectivity index (χ0) is 16.4. The molecular formula is C14H16N2O5S. The standard InChI is InChI=1S/C14H16N2O5S/c1-5-8(13(18)20-3)16-6-15-11-9(12(16)17)7(2)10(22-11)14(19)21-4/h6,8H,5H2,1-4H3/t8-/m1/s1. The summed E-state index contributed by atoms with van der Waals surface area (Å²) in [6.07, 6.45) is 1.71. The van der Waals surface area contributed by atoms with Gasteiger partial charge in [-0.05, 0) is 18.9 Å². The second-order valence-electron chi connectivity index (χ2n) is 4.63. The smallest absolute Gasteiger partial charge is 0.348 e. The summed E-state index contributed by atoms with van der Waals surface area (Å²) >= 11 is 1.10. The van der Waals surface area contributed by atoms with Gasteiger partial charge >= 0.3 is 11.9 Å². The third-order valence-electron chi connectivity index (χ3n) is 3.44. The van der Waals surface area contributed by atoms with Gasteiger partial charge in [-0.1, -0.05) is 6.92 Å². The number of aryl methyl sites for hydroxylation is 1. The van der Waals surface area contributed by atoms with Crippen molar-refractivity contribution >= 4 is 33.5 Å². The summed E-state index contributed by atoms with van der Waals surface area (Å²) in [4.78, 5) is 41.2. The molecule has 0 unspecified atom stereocenters. The van der Waals surface area contributed by atoms with E-state index in [0.717, 1.165) is 11.3 Å². The number of carbonyl (C=O) groups excluding carboxylic acids is 2. The van der Waals surface area contributed by atoms with E-state index in [2.05, 4.69) is 4.98 Å². The van der Waals surface area contributed by atoms with E-state index in [-0.39, 0.29) is 5.56 Å². The van der Waals surface area contributed by atoms with Gasteiger partial charge in [-0.3, -0.25) is 9.36 Å². The fourth-order valence-corrected chi connectivity index (χ4v) is 3.32. The number of hydrogen-bond donors (Lipinski definition) is 0. The van der Waals surface area contributed by atoms with Crippen LogP contribution in [0.15, 0.2) is 11.1 Å². The van der Waals surface area contributed by atoms with Gasteiger partial charge in [0.2, 0.25) is 0 Å². The summed E-state index contributed by atoms with van der Waals surface area (Å²) in [6, 6.07) is -0.740. The highest BCUT2D eigenvalue weighted by Crippen LogP contribution is 2.27. The molecule has 7 nitrogen and oxygen atoms in total. The van der Waals surface area contributed by atoms with E-state index < -0.39 is 18.0 Å². The van der Waals surface area contributed by atoms with Crippen LogP contribution in [0.1, 0.15) is 34.6 Å². The lowest BCUT2D eigenvalue weighted by molar-refractivity contribution is -0.144. The van der Waals surface area contributed by atoms with Crippen LogP contribution >= 0.6 is 11.3 Å². The Morgan fingerprint density at radius 2 is 2.05 bits per heavy atom. The van der Waals surface area contributed by atoms with Gasteiger partial charge in [0.1, 0.15) is 15.7 Å². The number of thiophene rings is 1. The Bertz CT molecular complexity index is 792. The SMILES string of the molecule is CC[C@H](C(=O)OC)n1cnc2sc(C(=O)OC)c(C)c2c1=O. The first kappa shape index (κ1) is 16.2. The summed E-state index contributed by atoms with van der Waals surface area (Å²) in [5, 5.41) is 0.329. The highest BCUT2D eigenvalue weighted by molar-refractivity contribution is 7.20. The second kappa shape index (κ2) is 6.27. The molecule has 0 aromatic carbocycles. The van der Waals surface area contributed by atoms with E-state index >= 15 is 0 Å². The summed E-state index contributed by atoms with van der Waals surface area (Å²) < 4.78 is 10.7. The van der Waals surface area contributed by atoms with Crippen molar-refractivity contribution in [3.05, 3.63) is 27.1 Å². The fraction of sp³-hybridized carbons (Fsp3) is 0.429. The first-order chi connectivity index (χ1) is 10.5. The van der Waals surface area contributed by atoms with Crippen LogP contribution in [0.5, 0.6) is 0 Å². The molecule has 0 fully saturated rings. The van der Waals surface area contributed by atoms with Crippen molar-refractivity contribution in [1.29, 1.82) is 0 Å². The van der Waals surface area contributed by atoms with Crippen molar-refractivity contribution in [3.8, 4) is 0 Å². The maximum Gasteiger partial charge on any atom is 0.348 e. The van der Waals surface area contributed by atoms with E-state index in [1.807, 2.05) is 0 Å². The molecule has 0 amide bonds. The lowest BCUT2D eigenvalue weighted by atomic mass is 10.2. The lowest BCUT2D eigenvalue weighted by Gasteiger charge is -2.15. The maximum absolute atomic E-state index is 12.7. The normalized spacial score (nSPS) is 12.2. The van der Waals surface area contributed by atoms with Crippen molar-refractivity contribution in [2.45, 2.75) is 26.3 Å². The Morgan fingerprint density at radius 1 is 1.36 bits per heavy atom. The van der Waals surface area contributed by atoms with Crippen molar-refractivity contribution in [2.75, 3.05) is 14.2 Å². The van der Waals surface area contributed by atoms with Crippen LogP contribution in [0, 0.1) is 6.92 Å². The number of methoxy groups -OCH3 is 2. The number of aromatic nitrogens is 2. The van der Waals surface area contributed by atoms with Crippen LogP contribution in [0.3, 0.4) is 0 Å². The average Bonchev–Trinajstić information content (AvgIpc) is 2.86. The number of ether oxygens (including phenoxy) is 2. The minimum Gasteiger partial charge on any atom is -0.467 e. The molecule has 0 spiro atoms. The fourth-order valence-electron chi connectivity index (χ4n) is 2.26. The molecule has 2 heterocycles. The molecule has 22 heavy (non-hydrogen) atoms. The van der Waals surface area contributed by atoms with E-state index in [0.29, 0.717) is 27.1 Å². The zero-order valence-electron chi connectivity index (χ0n) is 12.7. The molecule has 0 N–H and O–H groups in total. The quantitative estimate of drug-likeness (QED) is 0.795. The number of rotatable bonds is 4. The Hall–Kier alpha value is -2.22. The predicted molar refractivity (Wildman–Crippen MR) is 81.3 cm³/mol. The van der Waals surface area contributed by atoms with E-state index in [4.69, 9.17) is 9.47 Å². The average molecular weight is 324 g/mol. The maximum atomic E-state index is 12.7. The van der Waals surface area contributed by atoms with Crippen LogP contribution < -0.4 is 5.56 Å². The van der Waals surface area contributed by atoms with Crippen LogP contribution in [0.4, 0.5) is 0 Å². The third kappa shape index (κ3) is 2.50. The first-order valence-corrected chi connectivity index (χ1v) is 7.44. The first-order valence-electron chi connectivity index (χ1n) is 6.62. The Labute approximate surface area is 130 Å². The van der Waals surface area contributed by atoms with Crippen molar-refractivity contribution in [3.63, 3.8) is 0 Å². The highest BCUT2D eigenvalue weighted by atomic mass is 32.1. The predicted octanol–water partition coefficient (Wildman–Crippen LogP) is 1.68. The zero-order valence-corrected chi connectivity index (χ0v) is 13.5. The molecule has 0 saturated carbocycles.